The highest BCUT2D eigenvalue weighted by Gasteiger charge is 1.97. The highest BCUT2D eigenvalue weighted by atomic mass is 35.5. The normalized spacial score (nSPS) is 10.6. The topological polar surface area (TPSA) is 37.3 Å². The van der Waals surface area contributed by atoms with Gasteiger partial charge in [0.15, 0.2) is 0 Å². The van der Waals surface area contributed by atoms with Crippen molar-refractivity contribution >= 4 is 35.2 Å². The minimum absolute atomic E-state index is 0.435. The van der Waals surface area contributed by atoms with Crippen molar-refractivity contribution in [2.75, 3.05) is 0 Å². The Morgan fingerprint density at radius 1 is 1.38 bits per heavy atom. The lowest BCUT2D eigenvalue weighted by atomic mass is 10.2. The molecular weight excluding hydrogens is 211 g/mol. The molecule has 1 aromatic rings. The van der Waals surface area contributed by atoms with Gasteiger partial charge in [0.2, 0.25) is 0 Å². The maximum absolute atomic E-state index is 10.2. The van der Waals surface area contributed by atoms with Crippen LogP contribution < -0.4 is 0 Å². The number of rotatable bonds is 2. The number of halogens is 2. The molecule has 4 heteroatoms. The molecule has 0 amide bonds. The van der Waals surface area contributed by atoms with Crippen LogP contribution in [0.3, 0.4) is 0 Å². The van der Waals surface area contributed by atoms with Crippen molar-refractivity contribution in [2.24, 2.45) is 0 Å². The molecule has 2 nitrogen and oxygen atoms in total. The Bertz CT molecular complexity index is 359. The first-order valence-electron chi connectivity index (χ1n) is 3.45. The second-order valence-electron chi connectivity index (χ2n) is 2.34. The maximum atomic E-state index is 10.2. The van der Waals surface area contributed by atoms with Crippen molar-refractivity contribution in [3.8, 4) is 0 Å². The average molecular weight is 217 g/mol. The Hall–Kier alpha value is -0.990. The fourth-order valence-corrected chi connectivity index (χ4v) is 1.27. The Labute approximate surface area is 85.4 Å². The van der Waals surface area contributed by atoms with Gasteiger partial charge in [-0.05, 0) is 23.8 Å². The van der Waals surface area contributed by atoms with Gasteiger partial charge in [-0.3, -0.25) is 0 Å². The number of benzene rings is 1. The second-order valence-corrected chi connectivity index (χ2v) is 3.18. The summed E-state index contributed by atoms with van der Waals surface area (Å²) in [7, 11) is 0. The Kier molecular flexibility index (Phi) is 3.34. The molecule has 0 radical (unpaired) electrons. The van der Waals surface area contributed by atoms with E-state index in [0.29, 0.717) is 15.6 Å². The van der Waals surface area contributed by atoms with Crippen molar-refractivity contribution in [1.82, 2.24) is 0 Å². The van der Waals surface area contributed by atoms with E-state index >= 15 is 0 Å². The summed E-state index contributed by atoms with van der Waals surface area (Å²) in [6, 6.07) is 4.86. The van der Waals surface area contributed by atoms with E-state index in [1.807, 2.05) is 0 Å². The van der Waals surface area contributed by atoms with Crippen LogP contribution in [0.1, 0.15) is 5.56 Å². The third-order valence-electron chi connectivity index (χ3n) is 1.37. The summed E-state index contributed by atoms with van der Waals surface area (Å²) < 4.78 is 0. The number of hydrogen-bond acceptors (Lipinski definition) is 1. The van der Waals surface area contributed by atoms with E-state index in [9.17, 15) is 4.79 Å². The van der Waals surface area contributed by atoms with E-state index in [0.717, 1.165) is 6.08 Å². The van der Waals surface area contributed by atoms with E-state index < -0.39 is 5.97 Å². The Balaban J connectivity index is 2.96. The van der Waals surface area contributed by atoms with Crippen LogP contribution in [-0.2, 0) is 4.79 Å². The van der Waals surface area contributed by atoms with Gasteiger partial charge in [0.1, 0.15) is 0 Å². The highest BCUT2D eigenvalue weighted by Crippen LogP contribution is 2.21. The molecule has 0 atom stereocenters. The molecule has 0 aliphatic heterocycles. The smallest absolute Gasteiger partial charge is 0.328 e. The predicted octanol–water partition coefficient (Wildman–Crippen LogP) is 3.09. The van der Waals surface area contributed by atoms with Gasteiger partial charge < -0.3 is 5.11 Å². The lowest BCUT2D eigenvalue weighted by molar-refractivity contribution is -0.131. The second kappa shape index (κ2) is 4.30. The summed E-state index contributed by atoms with van der Waals surface area (Å²) >= 11 is 11.4. The van der Waals surface area contributed by atoms with Crippen molar-refractivity contribution < 1.29 is 9.90 Å². The predicted molar refractivity (Wildman–Crippen MR) is 53.1 cm³/mol. The standard InChI is InChI=1S/C9H6Cl2O2/c10-7-3-1-6(8(11)5-7)2-4-9(12)13/h1-5H,(H,12,13). The minimum Gasteiger partial charge on any atom is -0.478 e. The lowest BCUT2D eigenvalue weighted by Gasteiger charge is -1.97. The van der Waals surface area contributed by atoms with Gasteiger partial charge in [0.05, 0.1) is 0 Å². The molecule has 0 bridgehead atoms. The summed E-state index contributed by atoms with van der Waals surface area (Å²) in [5, 5.41) is 9.32. The summed E-state index contributed by atoms with van der Waals surface area (Å²) in [5.74, 6) is -1.01. The zero-order valence-electron chi connectivity index (χ0n) is 6.50. The molecule has 1 rings (SSSR count). The molecule has 1 N–H and O–H groups in total. The molecule has 0 spiro atoms. The fraction of sp³-hybridized carbons (Fsp3) is 0. The average Bonchev–Trinajstić information content (AvgIpc) is 2.02. The van der Waals surface area contributed by atoms with Gasteiger partial charge in [-0.1, -0.05) is 29.3 Å². The van der Waals surface area contributed by atoms with Crippen LogP contribution in [-0.4, -0.2) is 11.1 Å². The zero-order valence-corrected chi connectivity index (χ0v) is 8.01. The fourth-order valence-electron chi connectivity index (χ4n) is 0.798. The SMILES string of the molecule is O=C(O)C=Cc1ccc(Cl)cc1Cl. The van der Waals surface area contributed by atoms with Gasteiger partial charge in [0.25, 0.3) is 0 Å². The van der Waals surface area contributed by atoms with Crippen molar-refractivity contribution in [3.05, 3.63) is 39.9 Å². The molecule has 0 aromatic heterocycles. The van der Waals surface area contributed by atoms with Gasteiger partial charge in [-0.25, -0.2) is 4.79 Å². The first-order valence-corrected chi connectivity index (χ1v) is 4.21. The van der Waals surface area contributed by atoms with Crippen molar-refractivity contribution in [3.63, 3.8) is 0 Å². The summed E-state index contributed by atoms with van der Waals surface area (Å²) in [6.07, 6.45) is 2.44. The largest absolute Gasteiger partial charge is 0.478 e. The third-order valence-corrected chi connectivity index (χ3v) is 1.93. The highest BCUT2D eigenvalue weighted by molar-refractivity contribution is 6.35. The van der Waals surface area contributed by atoms with Crippen molar-refractivity contribution in [2.45, 2.75) is 0 Å². The van der Waals surface area contributed by atoms with Gasteiger partial charge >= 0.3 is 5.97 Å². The van der Waals surface area contributed by atoms with Crippen molar-refractivity contribution in [1.29, 1.82) is 0 Å². The molecule has 0 heterocycles. The van der Waals surface area contributed by atoms with Crippen LogP contribution in [0.4, 0.5) is 0 Å². The van der Waals surface area contributed by atoms with Crippen LogP contribution in [0.5, 0.6) is 0 Å². The van der Waals surface area contributed by atoms with Gasteiger partial charge in [0, 0.05) is 16.1 Å². The number of aliphatic carboxylic acids is 1. The van der Waals surface area contributed by atoms with E-state index in [2.05, 4.69) is 0 Å². The zero-order chi connectivity index (χ0) is 9.84. The lowest BCUT2D eigenvalue weighted by Crippen LogP contribution is -1.85. The molecule has 0 aliphatic carbocycles. The first-order chi connectivity index (χ1) is 6.09. The molecule has 0 fully saturated rings. The van der Waals surface area contributed by atoms with E-state index in [1.165, 1.54) is 6.08 Å². The minimum atomic E-state index is -1.01. The first kappa shape index (κ1) is 10.1. The van der Waals surface area contributed by atoms with Gasteiger partial charge in [-0.2, -0.15) is 0 Å². The van der Waals surface area contributed by atoms with E-state index in [-0.39, 0.29) is 0 Å². The maximum Gasteiger partial charge on any atom is 0.328 e. The third kappa shape index (κ3) is 3.09. The van der Waals surface area contributed by atoms with E-state index in [4.69, 9.17) is 28.3 Å². The van der Waals surface area contributed by atoms with Crippen LogP contribution in [0.2, 0.25) is 10.0 Å². The summed E-state index contributed by atoms with van der Waals surface area (Å²) in [6.45, 7) is 0. The Morgan fingerprint density at radius 2 is 2.08 bits per heavy atom. The molecule has 0 saturated carbocycles. The van der Waals surface area contributed by atoms with Crippen LogP contribution in [0, 0.1) is 0 Å². The van der Waals surface area contributed by atoms with E-state index in [1.54, 1.807) is 18.2 Å². The van der Waals surface area contributed by atoms with Crippen LogP contribution in [0.15, 0.2) is 24.3 Å². The van der Waals surface area contributed by atoms with Crippen LogP contribution >= 0.6 is 23.2 Å². The molecule has 0 saturated heterocycles. The molecule has 13 heavy (non-hydrogen) atoms. The monoisotopic (exact) mass is 216 g/mol. The number of carboxylic acid groups (broad SMARTS) is 1. The molecular formula is C9H6Cl2O2. The molecule has 0 aliphatic rings. The number of carbonyl (C=O) groups is 1. The summed E-state index contributed by atoms with van der Waals surface area (Å²) in [5.41, 5.74) is 0.633. The molecule has 1 aromatic carbocycles. The quantitative estimate of drug-likeness (QED) is 0.772. The van der Waals surface area contributed by atoms with Gasteiger partial charge in [-0.15, -0.1) is 0 Å². The Morgan fingerprint density at radius 3 is 2.62 bits per heavy atom. The number of hydrogen-bond donors (Lipinski definition) is 1. The molecule has 0 unspecified atom stereocenters. The molecule has 68 valence electrons. The number of carboxylic acids is 1. The summed E-state index contributed by atoms with van der Waals surface area (Å²) in [4.78, 5) is 10.2. The van der Waals surface area contributed by atoms with Crippen LogP contribution in [0.25, 0.3) is 6.08 Å².